The monoisotopic (exact) mass is 194 g/mol. The molecule has 3 heteroatoms. The molecule has 0 heterocycles. The van der Waals surface area contributed by atoms with Gasteiger partial charge in [-0.3, -0.25) is 0 Å². The maximum atomic E-state index is 9.46. The van der Waals surface area contributed by atoms with Crippen molar-refractivity contribution in [3.8, 4) is 0 Å². The van der Waals surface area contributed by atoms with Crippen LogP contribution in [0.25, 0.3) is 0 Å². The van der Waals surface area contributed by atoms with Crippen molar-refractivity contribution in [2.45, 2.75) is 39.6 Å². The Labute approximate surface area is 77.7 Å². The normalized spacial score (nSPS) is 15.0. The van der Waals surface area contributed by atoms with E-state index < -0.39 is 0 Å². The van der Waals surface area contributed by atoms with Gasteiger partial charge in [0.15, 0.2) is 0 Å². The fraction of sp³-hybridized carbons (Fsp3) is 1.00. The van der Waals surface area contributed by atoms with Crippen LogP contribution in [0.5, 0.6) is 0 Å². The zero-order valence-electron chi connectivity index (χ0n) is 7.76. The Morgan fingerprint density at radius 3 is 2.27 bits per heavy atom. The van der Waals surface area contributed by atoms with Crippen molar-refractivity contribution < 1.29 is 5.11 Å². The number of aliphatic hydroxyl groups is 1. The molecule has 68 valence electrons. The van der Waals surface area contributed by atoms with E-state index in [1.165, 1.54) is 0 Å². The smallest absolute Gasteiger partial charge is 0.110 e. The molecule has 0 radical (unpaired) electrons. The molecule has 1 nitrogen and oxygen atoms in total. The topological polar surface area (TPSA) is 20.2 Å². The molecule has 0 saturated heterocycles. The first kappa shape index (κ1) is 11.7. The molecule has 0 aromatic rings. The van der Waals surface area contributed by atoms with E-state index in [9.17, 15) is 5.11 Å². The van der Waals surface area contributed by atoms with Crippen LogP contribution < -0.4 is 0 Å². The maximum Gasteiger partial charge on any atom is 0.110 e. The van der Waals surface area contributed by atoms with E-state index in [1.54, 1.807) is 21.6 Å². The van der Waals surface area contributed by atoms with Gasteiger partial charge in [-0.2, -0.15) is 0 Å². The van der Waals surface area contributed by atoms with E-state index in [1.807, 2.05) is 0 Å². The average molecular weight is 194 g/mol. The first-order valence-corrected chi connectivity index (χ1v) is 6.30. The molecule has 0 amide bonds. The van der Waals surface area contributed by atoms with Crippen LogP contribution in [0.1, 0.15) is 34.1 Å². The molecule has 1 atom stereocenters. The van der Waals surface area contributed by atoms with Gasteiger partial charge in [0, 0.05) is 5.75 Å². The minimum Gasteiger partial charge on any atom is -0.382 e. The highest BCUT2D eigenvalue weighted by Gasteiger charge is 2.16. The van der Waals surface area contributed by atoms with Crippen molar-refractivity contribution in [3.63, 3.8) is 0 Å². The van der Waals surface area contributed by atoms with Gasteiger partial charge in [0.1, 0.15) is 5.44 Å². The van der Waals surface area contributed by atoms with E-state index in [2.05, 4.69) is 27.7 Å². The van der Waals surface area contributed by atoms with Crippen LogP contribution in [-0.2, 0) is 0 Å². The molecule has 0 aliphatic rings. The molecule has 0 aliphatic carbocycles. The Morgan fingerprint density at radius 1 is 1.36 bits per heavy atom. The van der Waals surface area contributed by atoms with Gasteiger partial charge in [-0.05, 0) is 11.8 Å². The van der Waals surface area contributed by atoms with Gasteiger partial charge in [0.05, 0.1) is 0 Å². The Balaban J connectivity index is 3.44. The Bertz CT molecular complexity index is 98.8. The highest BCUT2D eigenvalue weighted by molar-refractivity contribution is 8.76. The summed E-state index contributed by atoms with van der Waals surface area (Å²) < 4.78 is 0. The van der Waals surface area contributed by atoms with Gasteiger partial charge in [-0.25, -0.2) is 0 Å². The summed E-state index contributed by atoms with van der Waals surface area (Å²) in [5, 5.41) is 9.46. The second kappa shape index (κ2) is 5.33. The molecule has 0 aromatic heterocycles. The van der Waals surface area contributed by atoms with Crippen LogP contribution in [0, 0.1) is 5.41 Å². The Hall–Kier alpha value is 0.660. The standard InChI is InChI=1S/C8H18OS2/c1-5-10-11-7(9)6-8(2,3)4/h7,9H,5-6H2,1-4H3. The van der Waals surface area contributed by atoms with Crippen LogP contribution in [0.15, 0.2) is 0 Å². The average Bonchev–Trinajstić information content (AvgIpc) is 1.79. The Kier molecular flexibility index (Phi) is 5.65. The second-order valence-corrected chi connectivity index (χ2v) is 6.56. The molecule has 0 spiro atoms. The zero-order chi connectivity index (χ0) is 8.91. The second-order valence-electron chi connectivity index (χ2n) is 3.72. The molecule has 0 bridgehead atoms. The Morgan fingerprint density at radius 2 is 1.91 bits per heavy atom. The molecular weight excluding hydrogens is 176 g/mol. The lowest BCUT2D eigenvalue weighted by Crippen LogP contribution is -2.13. The summed E-state index contributed by atoms with van der Waals surface area (Å²) in [5.41, 5.74) is 0.0284. The number of rotatable bonds is 4. The van der Waals surface area contributed by atoms with E-state index >= 15 is 0 Å². The number of hydrogen-bond donors (Lipinski definition) is 1. The van der Waals surface area contributed by atoms with Crippen molar-refractivity contribution in [1.29, 1.82) is 0 Å². The van der Waals surface area contributed by atoms with Crippen LogP contribution in [0.3, 0.4) is 0 Å². The van der Waals surface area contributed by atoms with Crippen LogP contribution in [-0.4, -0.2) is 16.3 Å². The van der Waals surface area contributed by atoms with Gasteiger partial charge in [-0.15, -0.1) is 0 Å². The first-order chi connectivity index (χ1) is 4.95. The quantitative estimate of drug-likeness (QED) is 0.548. The highest BCUT2D eigenvalue weighted by Crippen LogP contribution is 2.32. The van der Waals surface area contributed by atoms with Crippen molar-refractivity contribution in [3.05, 3.63) is 0 Å². The van der Waals surface area contributed by atoms with E-state index in [0.717, 1.165) is 12.2 Å². The van der Waals surface area contributed by atoms with E-state index in [-0.39, 0.29) is 10.9 Å². The molecular formula is C8H18OS2. The van der Waals surface area contributed by atoms with Crippen molar-refractivity contribution in [2.75, 3.05) is 5.75 Å². The molecule has 0 rings (SSSR count). The zero-order valence-corrected chi connectivity index (χ0v) is 9.39. The summed E-state index contributed by atoms with van der Waals surface area (Å²) in [6, 6.07) is 0. The largest absolute Gasteiger partial charge is 0.382 e. The van der Waals surface area contributed by atoms with Crippen LogP contribution in [0.4, 0.5) is 0 Å². The predicted molar refractivity (Wildman–Crippen MR) is 55.8 cm³/mol. The summed E-state index contributed by atoms with van der Waals surface area (Å²) in [6.07, 6.45) is 0.866. The predicted octanol–water partition coefficient (Wildman–Crippen LogP) is 3.14. The maximum absolute atomic E-state index is 9.46. The summed E-state index contributed by atoms with van der Waals surface area (Å²) in [7, 11) is 3.30. The van der Waals surface area contributed by atoms with Crippen LogP contribution in [0.2, 0.25) is 0 Å². The third-order valence-electron chi connectivity index (χ3n) is 1.08. The number of aliphatic hydroxyl groups excluding tert-OH is 1. The van der Waals surface area contributed by atoms with Gasteiger partial charge in [0.2, 0.25) is 0 Å². The highest BCUT2D eigenvalue weighted by atomic mass is 33.1. The summed E-state index contributed by atoms with van der Waals surface area (Å²) in [4.78, 5) is 0. The summed E-state index contributed by atoms with van der Waals surface area (Å²) in [5.74, 6) is 1.06. The minimum atomic E-state index is -0.208. The lowest BCUT2D eigenvalue weighted by molar-refractivity contribution is 0.197. The molecule has 1 unspecified atom stereocenters. The lowest BCUT2D eigenvalue weighted by atomic mass is 9.93. The third-order valence-corrected chi connectivity index (χ3v) is 3.63. The van der Waals surface area contributed by atoms with Crippen molar-refractivity contribution >= 4 is 21.6 Å². The van der Waals surface area contributed by atoms with Gasteiger partial charge in [0.25, 0.3) is 0 Å². The molecule has 1 N–H and O–H groups in total. The van der Waals surface area contributed by atoms with Crippen LogP contribution >= 0.6 is 21.6 Å². The third kappa shape index (κ3) is 8.57. The summed E-state index contributed by atoms with van der Waals surface area (Å²) in [6.45, 7) is 8.54. The van der Waals surface area contributed by atoms with E-state index in [0.29, 0.717) is 0 Å². The first-order valence-electron chi connectivity index (χ1n) is 3.92. The SMILES string of the molecule is CCSSC(O)CC(C)(C)C. The molecule has 0 saturated carbocycles. The van der Waals surface area contributed by atoms with Gasteiger partial charge in [-0.1, -0.05) is 49.3 Å². The fourth-order valence-electron chi connectivity index (χ4n) is 0.704. The minimum absolute atomic E-state index is 0.208. The molecule has 0 fully saturated rings. The molecule has 0 aromatic carbocycles. The van der Waals surface area contributed by atoms with Gasteiger partial charge >= 0.3 is 0 Å². The lowest BCUT2D eigenvalue weighted by Gasteiger charge is -2.21. The van der Waals surface area contributed by atoms with Gasteiger partial charge < -0.3 is 5.11 Å². The molecule has 11 heavy (non-hydrogen) atoms. The number of hydrogen-bond acceptors (Lipinski definition) is 3. The summed E-state index contributed by atoms with van der Waals surface area (Å²) >= 11 is 0. The molecule has 0 aliphatic heterocycles. The van der Waals surface area contributed by atoms with E-state index in [4.69, 9.17) is 0 Å². The van der Waals surface area contributed by atoms with Crippen molar-refractivity contribution in [1.82, 2.24) is 0 Å². The fourth-order valence-corrected chi connectivity index (χ4v) is 2.65. The van der Waals surface area contributed by atoms with Crippen molar-refractivity contribution in [2.24, 2.45) is 5.41 Å².